The standard InChI is InChI=1S/C17H18ClN3OS2/c1-3-9(2)6-14-21-16(19)15(24-14)17-20-12(8-23-17)10-4-5-11(18)13(22)7-10/h4-5,7-9,22H,3,6,19H2,1-2H3. The number of aromatic hydroxyl groups is 1. The zero-order valence-electron chi connectivity index (χ0n) is 13.4. The fourth-order valence-electron chi connectivity index (χ4n) is 2.24. The minimum absolute atomic E-state index is 0.0526. The zero-order valence-corrected chi connectivity index (χ0v) is 15.8. The van der Waals surface area contributed by atoms with E-state index in [1.165, 1.54) is 11.3 Å². The third-order valence-electron chi connectivity index (χ3n) is 3.86. The molecule has 0 bridgehead atoms. The molecule has 1 unspecified atom stereocenters. The van der Waals surface area contributed by atoms with Crippen molar-refractivity contribution in [2.45, 2.75) is 26.7 Å². The van der Waals surface area contributed by atoms with Gasteiger partial charge in [0.1, 0.15) is 21.5 Å². The molecular weight excluding hydrogens is 362 g/mol. The maximum absolute atomic E-state index is 9.76. The summed E-state index contributed by atoms with van der Waals surface area (Å²) in [6.07, 6.45) is 2.06. The molecule has 3 aromatic rings. The lowest BCUT2D eigenvalue weighted by Crippen LogP contribution is -1.97. The third-order valence-corrected chi connectivity index (χ3v) is 6.27. The summed E-state index contributed by atoms with van der Waals surface area (Å²) in [4.78, 5) is 10.1. The molecule has 4 nitrogen and oxygen atoms in total. The van der Waals surface area contributed by atoms with Crippen molar-refractivity contribution in [2.75, 3.05) is 5.73 Å². The third kappa shape index (κ3) is 3.55. The zero-order chi connectivity index (χ0) is 17.3. The second-order valence-corrected chi connectivity index (χ2v) is 8.09. The molecule has 3 N–H and O–H groups in total. The Morgan fingerprint density at radius 3 is 2.83 bits per heavy atom. The smallest absolute Gasteiger partial charge is 0.145 e. The van der Waals surface area contributed by atoms with E-state index in [9.17, 15) is 5.11 Å². The molecular formula is C17H18ClN3OS2. The molecule has 1 atom stereocenters. The maximum atomic E-state index is 9.76. The van der Waals surface area contributed by atoms with Crippen molar-refractivity contribution >= 4 is 40.1 Å². The van der Waals surface area contributed by atoms with Crippen LogP contribution in [0.3, 0.4) is 0 Å². The maximum Gasteiger partial charge on any atom is 0.145 e. The molecule has 0 spiro atoms. The molecule has 0 radical (unpaired) electrons. The van der Waals surface area contributed by atoms with Gasteiger partial charge >= 0.3 is 0 Å². The lowest BCUT2D eigenvalue weighted by atomic mass is 10.1. The molecule has 0 aliphatic heterocycles. The highest BCUT2D eigenvalue weighted by Gasteiger charge is 2.16. The number of hydrogen-bond acceptors (Lipinski definition) is 6. The van der Waals surface area contributed by atoms with E-state index in [1.807, 2.05) is 11.4 Å². The van der Waals surface area contributed by atoms with E-state index in [0.717, 1.165) is 39.0 Å². The van der Waals surface area contributed by atoms with Gasteiger partial charge < -0.3 is 10.8 Å². The van der Waals surface area contributed by atoms with Gasteiger partial charge in [-0.15, -0.1) is 22.7 Å². The van der Waals surface area contributed by atoms with Crippen molar-refractivity contribution in [1.29, 1.82) is 0 Å². The highest BCUT2D eigenvalue weighted by molar-refractivity contribution is 7.21. The van der Waals surface area contributed by atoms with Crippen LogP contribution in [0.15, 0.2) is 23.6 Å². The monoisotopic (exact) mass is 379 g/mol. The number of benzene rings is 1. The molecule has 0 aliphatic carbocycles. The van der Waals surface area contributed by atoms with Gasteiger partial charge in [-0.2, -0.15) is 0 Å². The van der Waals surface area contributed by atoms with E-state index in [1.54, 1.807) is 23.5 Å². The van der Waals surface area contributed by atoms with Crippen LogP contribution in [0.2, 0.25) is 5.02 Å². The Labute approximate surface area is 154 Å². The van der Waals surface area contributed by atoms with E-state index in [-0.39, 0.29) is 5.75 Å². The normalized spacial score (nSPS) is 12.5. The fourth-order valence-corrected chi connectivity index (χ4v) is 4.44. The molecule has 0 fully saturated rings. The van der Waals surface area contributed by atoms with Crippen molar-refractivity contribution < 1.29 is 5.11 Å². The predicted molar refractivity (Wildman–Crippen MR) is 103 cm³/mol. The Morgan fingerprint density at radius 2 is 2.12 bits per heavy atom. The Hall–Kier alpha value is -1.63. The van der Waals surface area contributed by atoms with Crippen molar-refractivity contribution in [3.05, 3.63) is 33.6 Å². The van der Waals surface area contributed by atoms with Crippen LogP contribution in [0.25, 0.3) is 21.1 Å². The SMILES string of the molecule is CCC(C)Cc1nc(N)c(-c2nc(-c3ccc(Cl)c(O)c3)cs2)s1. The molecule has 0 aliphatic rings. The number of anilines is 1. The molecule has 24 heavy (non-hydrogen) atoms. The minimum atomic E-state index is 0.0526. The molecule has 3 rings (SSSR count). The Morgan fingerprint density at radius 1 is 1.33 bits per heavy atom. The first-order valence-corrected chi connectivity index (χ1v) is 9.75. The number of nitrogen functional groups attached to an aromatic ring is 1. The number of thiazole rings is 2. The molecule has 1 aromatic carbocycles. The minimum Gasteiger partial charge on any atom is -0.506 e. The number of hydrogen-bond donors (Lipinski definition) is 2. The molecule has 0 amide bonds. The van der Waals surface area contributed by atoms with Crippen LogP contribution >= 0.6 is 34.3 Å². The first kappa shape index (κ1) is 17.2. The van der Waals surface area contributed by atoms with Crippen molar-refractivity contribution in [3.8, 4) is 26.9 Å². The number of phenolic OH excluding ortho intramolecular Hbond substituents is 1. The van der Waals surface area contributed by atoms with Crippen LogP contribution < -0.4 is 5.73 Å². The van der Waals surface area contributed by atoms with Crippen LogP contribution in [0.5, 0.6) is 5.75 Å². The summed E-state index contributed by atoms with van der Waals surface area (Å²) in [5, 5.41) is 13.9. The molecule has 7 heteroatoms. The van der Waals surface area contributed by atoms with Gasteiger partial charge in [0.25, 0.3) is 0 Å². The number of phenols is 1. The van der Waals surface area contributed by atoms with Crippen LogP contribution in [0, 0.1) is 5.92 Å². The summed E-state index contributed by atoms with van der Waals surface area (Å²) < 4.78 is 0. The summed E-state index contributed by atoms with van der Waals surface area (Å²) in [5.41, 5.74) is 7.70. The Balaban J connectivity index is 1.89. The van der Waals surface area contributed by atoms with Crippen LogP contribution in [0.4, 0.5) is 5.82 Å². The topological polar surface area (TPSA) is 72.0 Å². The number of aromatic nitrogens is 2. The van der Waals surface area contributed by atoms with Gasteiger partial charge in [0.2, 0.25) is 0 Å². The van der Waals surface area contributed by atoms with Crippen LogP contribution in [0.1, 0.15) is 25.3 Å². The van der Waals surface area contributed by atoms with Gasteiger partial charge in [0.05, 0.1) is 15.7 Å². The molecule has 0 saturated heterocycles. The molecule has 0 saturated carbocycles. The number of nitrogens with zero attached hydrogens (tertiary/aromatic N) is 2. The summed E-state index contributed by atoms with van der Waals surface area (Å²) in [7, 11) is 0. The summed E-state index contributed by atoms with van der Waals surface area (Å²) in [6, 6.07) is 5.12. The second-order valence-electron chi connectivity index (χ2n) is 5.74. The Kier molecular flexibility index (Phi) is 5.08. The lowest BCUT2D eigenvalue weighted by molar-refractivity contribution is 0.476. The van der Waals surface area contributed by atoms with Crippen LogP contribution in [-0.2, 0) is 6.42 Å². The largest absolute Gasteiger partial charge is 0.506 e. The van der Waals surface area contributed by atoms with E-state index >= 15 is 0 Å². The first-order chi connectivity index (χ1) is 11.5. The molecule has 126 valence electrons. The van der Waals surface area contributed by atoms with Gasteiger partial charge in [-0.05, 0) is 18.1 Å². The van der Waals surface area contributed by atoms with Crippen molar-refractivity contribution in [1.82, 2.24) is 9.97 Å². The van der Waals surface area contributed by atoms with Crippen molar-refractivity contribution in [2.24, 2.45) is 5.92 Å². The van der Waals surface area contributed by atoms with Gasteiger partial charge in [-0.1, -0.05) is 37.9 Å². The number of rotatable bonds is 5. The van der Waals surface area contributed by atoms with Crippen molar-refractivity contribution in [3.63, 3.8) is 0 Å². The average molecular weight is 380 g/mol. The van der Waals surface area contributed by atoms with E-state index in [2.05, 4.69) is 23.8 Å². The second kappa shape index (κ2) is 7.09. The molecule has 2 aromatic heterocycles. The average Bonchev–Trinajstić information content (AvgIpc) is 3.16. The summed E-state index contributed by atoms with van der Waals surface area (Å²) in [5.74, 6) is 1.18. The van der Waals surface area contributed by atoms with Crippen LogP contribution in [-0.4, -0.2) is 15.1 Å². The summed E-state index contributed by atoms with van der Waals surface area (Å²) >= 11 is 8.99. The van der Waals surface area contributed by atoms with Gasteiger partial charge in [0.15, 0.2) is 0 Å². The first-order valence-electron chi connectivity index (χ1n) is 7.67. The van der Waals surface area contributed by atoms with E-state index in [4.69, 9.17) is 17.3 Å². The van der Waals surface area contributed by atoms with Gasteiger partial charge in [-0.25, -0.2) is 9.97 Å². The predicted octanol–water partition coefficient (Wildman–Crippen LogP) is 5.46. The fraction of sp³-hybridized carbons (Fsp3) is 0.294. The number of halogens is 1. The van der Waals surface area contributed by atoms with Gasteiger partial charge in [-0.3, -0.25) is 0 Å². The Bertz CT molecular complexity index is 859. The highest BCUT2D eigenvalue weighted by atomic mass is 35.5. The number of nitrogens with two attached hydrogens (primary N) is 1. The quantitative estimate of drug-likeness (QED) is 0.617. The summed E-state index contributed by atoms with van der Waals surface area (Å²) in [6.45, 7) is 4.39. The lowest BCUT2D eigenvalue weighted by Gasteiger charge is -2.03. The molecule has 2 heterocycles. The van der Waals surface area contributed by atoms with E-state index in [0.29, 0.717) is 16.8 Å². The highest BCUT2D eigenvalue weighted by Crippen LogP contribution is 2.38. The van der Waals surface area contributed by atoms with E-state index < -0.39 is 0 Å². The van der Waals surface area contributed by atoms with Gasteiger partial charge in [0, 0.05) is 17.4 Å².